The minimum atomic E-state index is 0.0226. The van der Waals surface area contributed by atoms with E-state index < -0.39 is 0 Å². The lowest BCUT2D eigenvalue weighted by molar-refractivity contribution is -0.133. The molecule has 1 aliphatic carbocycles. The molecule has 1 aliphatic rings. The molecular formula is C16H20N2O2. The van der Waals surface area contributed by atoms with Crippen molar-refractivity contribution in [2.75, 3.05) is 13.2 Å². The number of ether oxygens (including phenoxy) is 1. The Morgan fingerprint density at radius 1 is 1.30 bits per heavy atom. The molecule has 1 fully saturated rings. The van der Waals surface area contributed by atoms with E-state index in [1.807, 2.05) is 30.3 Å². The fourth-order valence-electron chi connectivity index (χ4n) is 2.63. The Labute approximate surface area is 120 Å². The fraction of sp³-hybridized carbons (Fsp3) is 0.500. The summed E-state index contributed by atoms with van der Waals surface area (Å²) in [5, 5.41) is 8.87. The molecule has 0 atom stereocenters. The second kappa shape index (κ2) is 7.54. The summed E-state index contributed by atoms with van der Waals surface area (Å²) in [6.45, 7) is 0.548. The molecule has 2 rings (SSSR count). The van der Waals surface area contributed by atoms with Crippen molar-refractivity contribution in [3.05, 3.63) is 30.3 Å². The number of rotatable bonds is 6. The first-order valence-corrected chi connectivity index (χ1v) is 7.15. The van der Waals surface area contributed by atoms with Crippen molar-refractivity contribution in [1.29, 1.82) is 5.26 Å². The summed E-state index contributed by atoms with van der Waals surface area (Å²) in [7, 11) is 0. The third-order valence-electron chi connectivity index (χ3n) is 3.65. The van der Waals surface area contributed by atoms with Crippen LogP contribution in [0.1, 0.15) is 32.1 Å². The number of para-hydroxylation sites is 1. The van der Waals surface area contributed by atoms with E-state index >= 15 is 0 Å². The van der Waals surface area contributed by atoms with Gasteiger partial charge in [0.05, 0.1) is 19.1 Å². The van der Waals surface area contributed by atoms with E-state index in [-0.39, 0.29) is 18.5 Å². The smallest absolute Gasteiger partial charge is 0.227 e. The lowest BCUT2D eigenvalue weighted by atomic mass is 10.2. The zero-order chi connectivity index (χ0) is 14.2. The molecule has 20 heavy (non-hydrogen) atoms. The molecule has 0 spiro atoms. The summed E-state index contributed by atoms with van der Waals surface area (Å²) in [4.78, 5) is 13.9. The third kappa shape index (κ3) is 3.99. The average Bonchev–Trinajstić information content (AvgIpc) is 2.99. The van der Waals surface area contributed by atoms with Gasteiger partial charge in [0.15, 0.2) is 0 Å². The molecule has 0 bridgehead atoms. The van der Waals surface area contributed by atoms with Crippen molar-refractivity contribution in [2.24, 2.45) is 0 Å². The molecule has 1 saturated carbocycles. The number of carbonyl (C=O) groups excluding carboxylic acids is 1. The van der Waals surface area contributed by atoms with Gasteiger partial charge in [-0.05, 0) is 25.0 Å². The molecule has 1 aromatic carbocycles. The summed E-state index contributed by atoms with van der Waals surface area (Å²) in [5.74, 6) is 0.794. The summed E-state index contributed by atoms with van der Waals surface area (Å²) < 4.78 is 5.54. The molecule has 0 unspecified atom stereocenters. The van der Waals surface area contributed by atoms with Crippen molar-refractivity contribution in [1.82, 2.24) is 4.90 Å². The van der Waals surface area contributed by atoms with Gasteiger partial charge in [-0.15, -0.1) is 0 Å². The Kier molecular flexibility index (Phi) is 5.43. The number of hydrogen-bond donors (Lipinski definition) is 0. The first kappa shape index (κ1) is 14.4. The highest BCUT2D eigenvalue weighted by molar-refractivity contribution is 5.77. The van der Waals surface area contributed by atoms with Crippen molar-refractivity contribution < 1.29 is 9.53 Å². The molecule has 106 valence electrons. The standard InChI is InChI=1S/C16H20N2O2/c17-11-12-18(14-6-4-5-7-14)16(19)10-13-20-15-8-2-1-3-9-15/h1-3,8-9,14H,4-7,10,12-13H2. The quantitative estimate of drug-likeness (QED) is 0.748. The number of hydrogen-bond acceptors (Lipinski definition) is 3. The van der Waals surface area contributed by atoms with Crippen LogP contribution in [0, 0.1) is 11.3 Å². The normalized spacial score (nSPS) is 14.8. The minimum Gasteiger partial charge on any atom is -0.493 e. The number of nitriles is 1. The van der Waals surface area contributed by atoms with Crippen LogP contribution >= 0.6 is 0 Å². The largest absolute Gasteiger partial charge is 0.493 e. The maximum atomic E-state index is 12.2. The molecule has 0 radical (unpaired) electrons. The van der Waals surface area contributed by atoms with Gasteiger partial charge in [0.1, 0.15) is 12.3 Å². The lowest BCUT2D eigenvalue weighted by Crippen LogP contribution is -2.39. The Morgan fingerprint density at radius 2 is 2.00 bits per heavy atom. The lowest BCUT2D eigenvalue weighted by Gasteiger charge is -2.26. The predicted molar refractivity (Wildman–Crippen MR) is 76.1 cm³/mol. The van der Waals surface area contributed by atoms with Gasteiger partial charge >= 0.3 is 0 Å². The van der Waals surface area contributed by atoms with E-state index in [9.17, 15) is 4.79 Å². The summed E-state index contributed by atoms with van der Waals surface area (Å²) in [6, 6.07) is 11.8. The van der Waals surface area contributed by atoms with Crippen LogP contribution in [-0.4, -0.2) is 30.0 Å². The monoisotopic (exact) mass is 272 g/mol. The molecule has 4 nitrogen and oxygen atoms in total. The summed E-state index contributed by atoms with van der Waals surface area (Å²) in [6.07, 6.45) is 4.67. The summed E-state index contributed by atoms with van der Waals surface area (Å²) >= 11 is 0. The van der Waals surface area contributed by atoms with Gasteiger partial charge < -0.3 is 9.64 Å². The van der Waals surface area contributed by atoms with Gasteiger partial charge in [-0.1, -0.05) is 31.0 Å². The molecule has 0 saturated heterocycles. The third-order valence-corrected chi connectivity index (χ3v) is 3.65. The molecule has 0 aromatic heterocycles. The van der Waals surface area contributed by atoms with E-state index in [1.165, 1.54) is 0 Å². The topological polar surface area (TPSA) is 53.3 Å². The highest BCUT2D eigenvalue weighted by Gasteiger charge is 2.26. The van der Waals surface area contributed by atoms with Crippen LogP contribution < -0.4 is 4.74 Å². The van der Waals surface area contributed by atoms with E-state index in [1.54, 1.807) is 4.90 Å². The Bertz CT molecular complexity index is 461. The maximum absolute atomic E-state index is 12.2. The van der Waals surface area contributed by atoms with Crippen LogP contribution in [0.15, 0.2) is 30.3 Å². The van der Waals surface area contributed by atoms with Crippen LogP contribution in [0.5, 0.6) is 5.75 Å². The second-order valence-electron chi connectivity index (χ2n) is 5.03. The maximum Gasteiger partial charge on any atom is 0.227 e. The van der Waals surface area contributed by atoms with Gasteiger partial charge in [-0.2, -0.15) is 5.26 Å². The first-order valence-electron chi connectivity index (χ1n) is 7.15. The SMILES string of the molecule is N#CCN(C(=O)CCOc1ccccc1)C1CCCC1. The Balaban J connectivity index is 1.81. The Morgan fingerprint density at radius 3 is 2.65 bits per heavy atom. The van der Waals surface area contributed by atoms with Gasteiger partial charge in [-0.25, -0.2) is 0 Å². The highest BCUT2D eigenvalue weighted by atomic mass is 16.5. The van der Waals surface area contributed by atoms with E-state index in [0.717, 1.165) is 31.4 Å². The number of benzene rings is 1. The van der Waals surface area contributed by atoms with Crippen molar-refractivity contribution in [2.45, 2.75) is 38.1 Å². The van der Waals surface area contributed by atoms with Crippen LogP contribution in [-0.2, 0) is 4.79 Å². The molecular weight excluding hydrogens is 252 g/mol. The van der Waals surface area contributed by atoms with E-state index in [2.05, 4.69) is 6.07 Å². The molecule has 4 heteroatoms. The minimum absolute atomic E-state index is 0.0226. The zero-order valence-corrected chi connectivity index (χ0v) is 11.6. The van der Waals surface area contributed by atoms with Crippen LogP contribution in [0.2, 0.25) is 0 Å². The molecule has 1 amide bonds. The van der Waals surface area contributed by atoms with E-state index in [4.69, 9.17) is 10.00 Å². The second-order valence-corrected chi connectivity index (χ2v) is 5.03. The number of carbonyl (C=O) groups is 1. The fourth-order valence-corrected chi connectivity index (χ4v) is 2.63. The zero-order valence-electron chi connectivity index (χ0n) is 11.6. The van der Waals surface area contributed by atoms with Gasteiger partial charge in [-0.3, -0.25) is 4.79 Å². The van der Waals surface area contributed by atoms with Crippen LogP contribution in [0.4, 0.5) is 0 Å². The Hall–Kier alpha value is -2.02. The summed E-state index contributed by atoms with van der Waals surface area (Å²) in [5.41, 5.74) is 0. The predicted octanol–water partition coefficient (Wildman–Crippen LogP) is 2.75. The van der Waals surface area contributed by atoms with Crippen LogP contribution in [0.3, 0.4) is 0 Å². The van der Waals surface area contributed by atoms with Gasteiger partial charge in [0.25, 0.3) is 0 Å². The van der Waals surface area contributed by atoms with Crippen molar-refractivity contribution in [3.8, 4) is 11.8 Å². The van der Waals surface area contributed by atoms with Crippen molar-refractivity contribution >= 4 is 5.91 Å². The van der Waals surface area contributed by atoms with E-state index in [0.29, 0.717) is 13.0 Å². The average molecular weight is 272 g/mol. The van der Waals surface area contributed by atoms with Gasteiger partial charge in [0.2, 0.25) is 5.91 Å². The molecule has 0 heterocycles. The number of nitrogens with zero attached hydrogens (tertiary/aromatic N) is 2. The molecule has 1 aromatic rings. The highest BCUT2D eigenvalue weighted by Crippen LogP contribution is 2.23. The molecule has 0 aliphatic heterocycles. The van der Waals surface area contributed by atoms with Crippen LogP contribution in [0.25, 0.3) is 0 Å². The van der Waals surface area contributed by atoms with Gasteiger partial charge in [0, 0.05) is 6.04 Å². The number of amides is 1. The molecule has 0 N–H and O–H groups in total. The van der Waals surface area contributed by atoms with Crippen molar-refractivity contribution in [3.63, 3.8) is 0 Å². The first-order chi connectivity index (χ1) is 9.81.